The zero-order valence-corrected chi connectivity index (χ0v) is 20.0. The van der Waals surface area contributed by atoms with Crippen LogP contribution in [0.5, 0.6) is 5.75 Å². The summed E-state index contributed by atoms with van der Waals surface area (Å²) in [7, 11) is 0. The third-order valence-corrected chi connectivity index (χ3v) is 7.26. The van der Waals surface area contributed by atoms with E-state index in [0.717, 1.165) is 56.5 Å². The fourth-order valence-electron chi connectivity index (χ4n) is 5.78. The van der Waals surface area contributed by atoms with Gasteiger partial charge in [0, 0.05) is 30.9 Å². The zero-order chi connectivity index (χ0) is 23.3. The molecule has 4 rings (SSSR count). The first kappa shape index (κ1) is 23.7. The normalized spacial score (nSPS) is 23.1. The third kappa shape index (κ3) is 5.75. The highest BCUT2D eigenvalue weighted by molar-refractivity contribution is 5.99. The lowest BCUT2D eigenvalue weighted by atomic mass is 9.68. The van der Waals surface area contributed by atoms with E-state index in [1.807, 2.05) is 30.3 Å². The smallest absolute Gasteiger partial charge is 0.235 e. The van der Waals surface area contributed by atoms with Gasteiger partial charge in [-0.2, -0.15) is 0 Å². The molecule has 1 amide bonds. The molecule has 2 aromatic rings. The zero-order valence-electron chi connectivity index (χ0n) is 20.0. The molecule has 1 saturated carbocycles. The molecule has 1 aliphatic heterocycles. The van der Waals surface area contributed by atoms with Crippen LogP contribution >= 0.6 is 0 Å². The van der Waals surface area contributed by atoms with Gasteiger partial charge >= 0.3 is 0 Å². The van der Waals surface area contributed by atoms with Crippen LogP contribution in [0.4, 0.5) is 10.1 Å². The van der Waals surface area contributed by atoms with E-state index in [1.165, 1.54) is 12.5 Å². The van der Waals surface area contributed by atoms with Crippen molar-refractivity contribution in [3.05, 3.63) is 59.9 Å². The van der Waals surface area contributed by atoms with Gasteiger partial charge in [-0.25, -0.2) is 4.39 Å². The molecule has 2 aliphatic rings. The molecule has 0 spiro atoms. The summed E-state index contributed by atoms with van der Waals surface area (Å²) in [4.78, 5) is 15.9. The lowest BCUT2D eigenvalue weighted by Crippen LogP contribution is -2.42. The van der Waals surface area contributed by atoms with Gasteiger partial charge in [-0.3, -0.25) is 9.69 Å². The maximum absolute atomic E-state index is 14.7. The van der Waals surface area contributed by atoms with E-state index >= 15 is 0 Å². The van der Waals surface area contributed by atoms with Crippen LogP contribution < -0.4 is 10.1 Å². The predicted octanol–water partition coefficient (Wildman–Crippen LogP) is 6.02. The summed E-state index contributed by atoms with van der Waals surface area (Å²) >= 11 is 0. The lowest BCUT2D eigenvalue weighted by Gasteiger charge is -2.36. The van der Waals surface area contributed by atoms with E-state index in [2.05, 4.69) is 24.1 Å². The minimum Gasteiger partial charge on any atom is -0.492 e. The highest BCUT2D eigenvalue weighted by Gasteiger charge is 2.42. The lowest BCUT2D eigenvalue weighted by molar-refractivity contribution is -0.122. The molecule has 2 fully saturated rings. The van der Waals surface area contributed by atoms with Crippen molar-refractivity contribution in [1.82, 2.24) is 4.90 Å². The predicted molar refractivity (Wildman–Crippen MR) is 131 cm³/mol. The van der Waals surface area contributed by atoms with Crippen molar-refractivity contribution in [2.24, 2.45) is 11.8 Å². The van der Waals surface area contributed by atoms with E-state index in [1.54, 1.807) is 12.1 Å². The minimum atomic E-state index is -0.804. The largest absolute Gasteiger partial charge is 0.492 e. The number of hydrogen-bond acceptors (Lipinski definition) is 3. The second-order valence-electron chi connectivity index (χ2n) is 10.2. The summed E-state index contributed by atoms with van der Waals surface area (Å²) < 4.78 is 20.6. The number of likely N-dealkylation sites (tertiary alicyclic amines) is 1. The second-order valence-corrected chi connectivity index (χ2v) is 10.2. The van der Waals surface area contributed by atoms with Gasteiger partial charge in [0.2, 0.25) is 5.91 Å². The Labute approximate surface area is 197 Å². The molecule has 1 heterocycles. The monoisotopic (exact) mass is 452 g/mol. The number of nitrogens with one attached hydrogen (secondary N) is 1. The molecule has 178 valence electrons. The molecular weight excluding hydrogens is 415 g/mol. The van der Waals surface area contributed by atoms with Crippen molar-refractivity contribution in [3.8, 4) is 5.75 Å². The summed E-state index contributed by atoms with van der Waals surface area (Å²) in [5.41, 5.74) is 0.428. The average molecular weight is 453 g/mol. The fourth-order valence-corrected chi connectivity index (χ4v) is 5.78. The maximum atomic E-state index is 14.7. The number of rotatable bonds is 7. The fraction of sp³-hybridized carbons (Fsp3) is 0.536. The van der Waals surface area contributed by atoms with Gasteiger partial charge in [-0.1, -0.05) is 51.3 Å². The Morgan fingerprint density at radius 1 is 1.03 bits per heavy atom. The number of piperidine rings is 1. The topological polar surface area (TPSA) is 41.6 Å². The van der Waals surface area contributed by atoms with Gasteiger partial charge in [-0.05, 0) is 61.4 Å². The molecular formula is C28H37FN2O2. The quantitative estimate of drug-likeness (QED) is 0.558. The van der Waals surface area contributed by atoms with E-state index in [0.29, 0.717) is 30.7 Å². The van der Waals surface area contributed by atoms with Crippen LogP contribution in [-0.2, 0) is 10.2 Å². The van der Waals surface area contributed by atoms with E-state index in [4.69, 9.17) is 4.74 Å². The molecule has 4 nitrogen and oxygen atoms in total. The molecule has 1 saturated heterocycles. The number of hydrogen-bond donors (Lipinski definition) is 1. The van der Waals surface area contributed by atoms with Crippen LogP contribution in [0.1, 0.15) is 57.9 Å². The molecule has 0 aromatic heterocycles. The van der Waals surface area contributed by atoms with Crippen molar-refractivity contribution in [2.75, 3.05) is 31.6 Å². The Morgan fingerprint density at radius 2 is 1.70 bits per heavy atom. The van der Waals surface area contributed by atoms with Gasteiger partial charge in [0.15, 0.2) is 0 Å². The molecule has 0 bridgehead atoms. The molecule has 33 heavy (non-hydrogen) atoms. The molecule has 1 aliphatic carbocycles. The Balaban J connectivity index is 1.36. The van der Waals surface area contributed by atoms with Crippen LogP contribution in [0.15, 0.2) is 48.5 Å². The average Bonchev–Trinajstić information content (AvgIpc) is 2.80. The highest BCUT2D eigenvalue weighted by Crippen LogP contribution is 2.41. The van der Waals surface area contributed by atoms with Crippen molar-refractivity contribution >= 4 is 11.6 Å². The standard InChI is InChI=1S/C28H37FN2O2/c1-21-18-22(2)20-31(19-21)16-17-33-24-12-10-23(11-13-24)30-27(32)28(14-6-3-7-15-28)25-8-4-5-9-26(25)29/h4-5,8-13,21-22H,3,6-7,14-20H2,1-2H3,(H,30,32)/t21-,22-/m1/s1. The van der Waals surface area contributed by atoms with Crippen LogP contribution in [0.3, 0.4) is 0 Å². The maximum Gasteiger partial charge on any atom is 0.235 e. The highest BCUT2D eigenvalue weighted by atomic mass is 19.1. The Kier molecular flexibility index (Phi) is 7.69. The Bertz CT molecular complexity index is 914. The van der Waals surface area contributed by atoms with Gasteiger partial charge in [0.25, 0.3) is 0 Å². The summed E-state index contributed by atoms with van der Waals surface area (Å²) in [6, 6.07) is 14.3. The number of benzene rings is 2. The van der Waals surface area contributed by atoms with Crippen molar-refractivity contribution < 1.29 is 13.9 Å². The summed E-state index contributed by atoms with van der Waals surface area (Å²) in [6.45, 7) is 8.51. The number of carbonyl (C=O) groups is 1. The molecule has 2 atom stereocenters. The molecule has 5 heteroatoms. The first-order valence-electron chi connectivity index (χ1n) is 12.5. The molecule has 2 aromatic carbocycles. The van der Waals surface area contributed by atoms with Crippen molar-refractivity contribution in [3.63, 3.8) is 0 Å². The van der Waals surface area contributed by atoms with Crippen LogP contribution in [0, 0.1) is 17.7 Å². The SMILES string of the molecule is C[C@@H]1C[C@@H](C)CN(CCOc2ccc(NC(=O)C3(c4ccccc4F)CCCCC3)cc2)C1. The van der Waals surface area contributed by atoms with E-state index < -0.39 is 5.41 Å². The van der Waals surface area contributed by atoms with E-state index in [-0.39, 0.29) is 11.7 Å². The first-order valence-corrected chi connectivity index (χ1v) is 12.5. The van der Waals surface area contributed by atoms with Crippen molar-refractivity contribution in [2.45, 2.75) is 57.8 Å². The van der Waals surface area contributed by atoms with Gasteiger partial charge in [0.1, 0.15) is 18.2 Å². The Hall–Kier alpha value is -2.40. The van der Waals surface area contributed by atoms with E-state index in [9.17, 15) is 9.18 Å². The molecule has 1 N–H and O–H groups in total. The van der Waals surface area contributed by atoms with Crippen LogP contribution in [0.25, 0.3) is 0 Å². The number of ether oxygens (including phenoxy) is 1. The number of nitrogens with zero attached hydrogens (tertiary/aromatic N) is 1. The minimum absolute atomic E-state index is 0.116. The van der Waals surface area contributed by atoms with Crippen molar-refractivity contribution in [1.29, 1.82) is 0 Å². The van der Waals surface area contributed by atoms with Crippen LogP contribution in [0.2, 0.25) is 0 Å². The number of amides is 1. The van der Waals surface area contributed by atoms with Gasteiger partial charge in [0.05, 0.1) is 5.41 Å². The summed E-state index contributed by atoms with van der Waals surface area (Å²) in [6.07, 6.45) is 5.61. The Morgan fingerprint density at radius 3 is 2.36 bits per heavy atom. The first-order chi connectivity index (χ1) is 16.0. The third-order valence-electron chi connectivity index (χ3n) is 7.26. The van der Waals surface area contributed by atoms with Crippen LogP contribution in [-0.4, -0.2) is 37.0 Å². The summed E-state index contributed by atoms with van der Waals surface area (Å²) in [5.74, 6) is 1.87. The molecule has 0 radical (unpaired) electrons. The number of anilines is 1. The number of carbonyl (C=O) groups excluding carboxylic acids is 1. The van der Waals surface area contributed by atoms with Gasteiger partial charge < -0.3 is 10.1 Å². The number of halogens is 1. The van der Waals surface area contributed by atoms with Gasteiger partial charge in [-0.15, -0.1) is 0 Å². The second kappa shape index (κ2) is 10.7. The summed E-state index contributed by atoms with van der Waals surface area (Å²) in [5, 5.41) is 3.05. The molecule has 0 unspecified atom stereocenters.